The maximum Gasteiger partial charge on any atom is 0.258 e. The van der Waals surface area contributed by atoms with Crippen molar-refractivity contribution >= 4 is 11.6 Å². The number of piperazine rings is 1. The molecule has 0 radical (unpaired) electrons. The number of nitrogens with zero attached hydrogens (tertiary/aromatic N) is 2. The summed E-state index contributed by atoms with van der Waals surface area (Å²) in [5, 5.41) is 0. The molecule has 1 aromatic carbocycles. The fourth-order valence-corrected chi connectivity index (χ4v) is 2.55. The van der Waals surface area contributed by atoms with Crippen LogP contribution in [0.3, 0.4) is 0 Å². The summed E-state index contributed by atoms with van der Waals surface area (Å²) < 4.78 is 5.26. The van der Waals surface area contributed by atoms with Crippen LogP contribution in [0.15, 0.2) is 18.2 Å². The van der Waals surface area contributed by atoms with Crippen LogP contribution in [0, 0.1) is 0 Å². The number of carbonyl (C=O) groups is 1. The number of amides is 1. The first-order valence-corrected chi connectivity index (χ1v) is 6.46. The summed E-state index contributed by atoms with van der Waals surface area (Å²) in [5.41, 5.74) is 6.89. The molecule has 0 saturated carbocycles. The topological polar surface area (TPSA) is 58.8 Å². The predicted octanol–water partition coefficient (Wildman–Crippen LogP) is 1.05. The number of carbonyl (C=O) groups excluding carboxylic acids is 1. The van der Waals surface area contributed by atoms with Gasteiger partial charge < -0.3 is 20.3 Å². The molecule has 0 aliphatic carbocycles. The van der Waals surface area contributed by atoms with E-state index >= 15 is 0 Å². The zero-order valence-electron chi connectivity index (χ0n) is 11.7. The van der Waals surface area contributed by atoms with Gasteiger partial charge in [0.05, 0.1) is 18.4 Å². The molecule has 0 aromatic heterocycles. The highest BCUT2D eigenvalue weighted by molar-refractivity contribution is 5.98. The molecule has 1 amide bonds. The van der Waals surface area contributed by atoms with E-state index in [2.05, 4.69) is 18.9 Å². The van der Waals surface area contributed by atoms with Crippen molar-refractivity contribution in [1.82, 2.24) is 9.80 Å². The van der Waals surface area contributed by atoms with Gasteiger partial charge in [-0.05, 0) is 26.1 Å². The van der Waals surface area contributed by atoms with Gasteiger partial charge in [-0.3, -0.25) is 4.79 Å². The van der Waals surface area contributed by atoms with Crippen LogP contribution in [0.25, 0.3) is 0 Å². The summed E-state index contributed by atoms with van der Waals surface area (Å²) in [6, 6.07) is 5.48. The van der Waals surface area contributed by atoms with Crippen molar-refractivity contribution < 1.29 is 9.53 Å². The molecule has 0 bridgehead atoms. The summed E-state index contributed by atoms with van der Waals surface area (Å²) in [6.07, 6.45) is 0. The summed E-state index contributed by atoms with van der Waals surface area (Å²) >= 11 is 0. The summed E-state index contributed by atoms with van der Waals surface area (Å²) in [5.74, 6) is 0.461. The molecule has 1 atom stereocenters. The van der Waals surface area contributed by atoms with Gasteiger partial charge in [0, 0.05) is 25.7 Å². The maximum absolute atomic E-state index is 12.6. The zero-order valence-corrected chi connectivity index (χ0v) is 11.7. The number of hydrogen-bond acceptors (Lipinski definition) is 4. The van der Waals surface area contributed by atoms with E-state index in [-0.39, 0.29) is 11.9 Å². The van der Waals surface area contributed by atoms with Crippen LogP contribution < -0.4 is 10.5 Å². The number of anilines is 1. The molecule has 1 aliphatic heterocycles. The first kappa shape index (κ1) is 13.7. The molecule has 5 heteroatoms. The van der Waals surface area contributed by atoms with E-state index in [0.717, 1.165) is 19.6 Å². The highest BCUT2D eigenvalue weighted by Gasteiger charge is 2.28. The minimum atomic E-state index is -0.00949. The second-order valence-corrected chi connectivity index (χ2v) is 5.04. The Morgan fingerprint density at radius 1 is 1.42 bits per heavy atom. The smallest absolute Gasteiger partial charge is 0.258 e. The number of rotatable bonds is 2. The molecule has 1 unspecified atom stereocenters. The van der Waals surface area contributed by atoms with Gasteiger partial charge in [0.1, 0.15) is 0 Å². The van der Waals surface area contributed by atoms with Crippen LogP contribution >= 0.6 is 0 Å². The molecule has 19 heavy (non-hydrogen) atoms. The zero-order chi connectivity index (χ0) is 14.0. The Labute approximate surface area is 113 Å². The van der Waals surface area contributed by atoms with Crippen molar-refractivity contribution in [2.45, 2.75) is 13.0 Å². The lowest BCUT2D eigenvalue weighted by molar-refractivity contribution is 0.0530. The molecule has 5 nitrogen and oxygen atoms in total. The minimum absolute atomic E-state index is 0.00949. The second-order valence-electron chi connectivity index (χ2n) is 5.04. The van der Waals surface area contributed by atoms with Gasteiger partial charge in [0.2, 0.25) is 0 Å². The van der Waals surface area contributed by atoms with E-state index in [0.29, 0.717) is 17.0 Å². The normalized spacial score (nSPS) is 20.4. The fourth-order valence-electron chi connectivity index (χ4n) is 2.55. The number of nitrogen functional groups attached to an aromatic ring is 1. The molecule has 2 N–H and O–H groups in total. The van der Waals surface area contributed by atoms with Gasteiger partial charge in [-0.25, -0.2) is 0 Å². The Balaban J connectivity index is 2.27. The van der Waals surface area contributed by atoms with Crippen LogP contribution in [-0.2, 0) is 0 Å². The van der Waals surface area contributed by atoms with Crippen LogP contribution in [0.2, 0.25) is 0 Å². The van der Waals surface area contributed by atoms with E-state index in [1.165, 1.54) is 7.11 Å². The highest BCUT2D eigenvalue weighted by Crippen LogP contribution is 2.28. The Morgan fingerprint density at radius 2 is 2.16 bits per heavy atom. The molecule has 1 aliphatic rings. The van der Waals surface area contributed by atoms with Crippen molar-refractivity contribution in [3.63, 3.8) is 0 Å². The molecule has 1 saturated heterocycles. The molecule has 2 rings (SSSR count). The third-order valence-corrected chi connectivity index (χ3v) is 3.57. The van der Waals surface area contributed by atoms with Gasteiger partial charge >= 0.3 is 0 Å². The maximum atomic E-state index is 12.6. The van der Waals surface area contributed by atoms with Crippen molar-refractivity contribution in [2.24, 2.45) is 0 Å². The molecule has 0 spiro atoms. The van der Waals surface area contributed by atoms with Crippen LogP contribution in [0.5, 0.6) is 5.75 Å². The average molecular weight is 263 g/mol. The largest absolute Gasteiger partial charge is 0.494 e. The standard InChI is InChI=1S/C14H21N3O2/c1-10-9-16(2)7-8-17(10)14(18)11-5-4-6-12(15)13(11)19-3/h4-6,10H,7-9,15H2,1-3H3. The number of para-hydroxylation sites is 1. The van der Waals surface area contributed by atoms with Gasteiger partial charge in [0.25, 0.3) is 5.91 Å². The fraction of sp³-hybridized carbons (Fsp3) is 0.500. The van der Waals surface area contributed by atoms with Gasteiger partial charge in [0.15, 0.2) is 5.75 Å². The Morgan fingerprint density at radius 3 is 2.79 bits per heavy atom. The summed E-state index contributed by atoms with van der Waals surface area (Å²) in [4.78, 5) is 16.7. The molecular weight excluding hydrogens is 242 g/mol. The lowest BCUT2D eigenvalue weighted by atomic mass is 10.1. The van der Waals surface area contributed by atoms with E-state index in [1.807, 2.05) is 4.90 Å². The summed E-state index contributed by atoms with van der Waals surface area (Å²) in [7, 11) is 3.61. The number of nitrogens with two attached hydrogens (primary N) is 1. The Kier molecular flexibility index (Phi) is 3.95. The first-order chi connectivity index (χ1) is 9.04. The first-order valence-electron chi connectivity index (χ1n) is 6.46. The quantitative estimate of drug-likeness (QED) is 0.810. The number of methoxy groups -OCH3 is 1. The number of hydrogen-bond donors (Lipinski definition) is 1. The van der Waals surface area contributed by atoms with Crippen molar-refractivity contribution in [3.05, 3.63) is 23.8 Å². The van der Waals surface area contributed by atoms with Crippen LogP contribution in [0.1, 0.15) is 17.3 Å². The molecule has 1 heterocycles. The lowest BCUT2D eigenvalue weighted by Gasteiger charge is -2.38. The van der Waals surface area contributed by atoms with Gasteiger partial charge in [-0.15, -0.1) is 0 Å². The van der Waals surface area contributed by atoms with Crippen molar-refractivity contribution in [3.8, 4) is 5.75 Å². The third kappa shape index (κ3) is 2.66. The number of likely N-dealkylation sites (N-methyl/N-ethyl adjacent to an activating group) is 1. The molecule has 1 aromatic rings. The molecule has 104 valence electrons. The van der Waals surface area contributed by atoms with Crippen molar-refractivity contribution in [1.29, 1.82) is 0 Å². The Hall–Kier alpha value is -1.75. The van der Waals surface area contributed by atoms with Crippen LogP contribution in [-0.4, -0.2) is 55.5 Å². The number of ether oxygens (including phenoxy) is 1. The molecular formula is C14H21N3O2. The van der Waals surface area contributed by atoms with Gasteiger partial charge in [-0.1, -0.05) is 6.07 Å². The number of benzene rings is 1. The van der Waals surface area contributed by atoms with Crippen LogP contribution in [0.4, 0.5) is 5.69 Å². The van der Waals surface area contributed by atoms with E-state index in [9.17, 15) is 4.79 Å². The van der Waals surface area contributed by atoms with E-state index in [1.54, 1.807) is 18.2 Å². The summed E-state index contributed by atoms with van der Waals surface area (Å²) in [6.45, 7) is 4.57. The monoisotopic (exact) mass is 263 g/mol. The minimum Gasteiger partial charge on any atom is -0.494 e. The average Bonchev–Trinajstić information content (AvgIpc) is 2.37. The van der Waals surface area contributed by atoms with E-state index in [4.69, 9.17) is 10.5 Å². The predicted molar refractivity (Wildman–Crippen MR) is 75.4 cm³/mol. The SMILES string of the molecule is COc1c(N)cccc1C(=O)N1CCN(C)CC1C. The lowest BCUT2D eigenvalue weighted by Crippen LogP contribution is -2.52. The second kappa shape index (κ2) is 5.48. The highest BCUT2D eigenvalue weighted by atomic mass is 16.5. The third-order valence-electron chi connectivity index (χ3n) is 3.57. The Bertz CT molecular complexity index is 476. The molecule has 1 fully saturated rings. The van der Waals surface area contributed by atoms with Gasteiger partial charge in [-0.2, -0.15) is 0 Å². The van der Waals surface area contributed by atoms with E-state index < -0.39 is 0 Å². The van der Waals surface area contributed by atoms with Crippen molar-refractivity contribution in [2.75, 3.05) is 39.5 Å².